The van der Waals surface area contributed by atoms with E-state index in [1.165, 1.54) is 23.1 Å². The van der Waals surface area contributed by atoms with Gasteiger partial charge in [0.15, 0.2) is 0 Å². The van der Waals surface area contributed by atoms with Crippen LogP contribution in [0.4, 0.5) is 13.2 Å². The molecule has 2 aliphatic rings. The van der Waals surface area contributed by atoms with Crippen LogP contribution >= 0.6 is 11.6 Å². The average molecular weight is 554 g/mol. The summed E-state index contributed by atoms with van der Waals surface area (Å²) in [6, 6.07) is 9.70. The molecule has 1 N–H and O–H groups in total. The smallest absolute Gasteiger partial charge is 0.430 e. The first kappa shape index (κ1) is 28.2. The van der Waals surface area contributed by atoms with Crippen molar-refractivity contribution in [1.29, 1.82) is 0 Å². The predicted molar refractivity (Wildman–Crippen MR) is 135 cm³/mol. The van der Waals surface area contributed by atoms with Crippen molar-refractivity contribution in [3.63, 3.8) is 0 Å². The van der Waals surface area contributed by atoms with E-state index < -0.39 is 23.2 Å². The van der Waals surface area contributed by atoms with Gasteiger partial charge in [0.05, 0.1) is 12.2 Å². The van der Waals surface area contributed by atoms with Gasteiger partial charge < -0.3 is 19.6 Å². The molecule has 2 aromatic rings. The second-order valence-electron chi connectivity index (χ2n) is 10.3. The van der Waals surface area contributed by atoms with Crippen molar-refractivity contribution >= 4 is 23.4 Å². The number of ether oxygens (including phenoxy) is 1. The molecule has 2 fully saturated rings. The molecular weight excluding hydrogens is 523 g/mol. The maximum Gasteiger partial charge on any atom is 0.430 e. The summed E-state index contributed by atoms with van der Waals surface area (Å²) >= 11 is 6.12. The Hall–Kier alpha value is -2.85. The maximum atomic E-state index is 13.9. The van der Waals surface area contributed by atoms with Crippen molar-refractivity contribution in [3.8, 4) is 5.88 Å². The highest BCUT2D eigenvalue weighted by atomic mass is 35.5. The van der Waals surface area contributed by atoms with Crippen molar-refractivity contribution in [1.82, 2.24) is 14.8 Å². The first-order valence-corrected chi connectivity index (χ1v) is 12.9. The molecular formula is C27H31ClF3N3O4. The van der Waals surface area contributed by atoms with Gasteiger partial charge in [-0.1, -0.05) is 41.9 Å². The normalized spacial score (nSPS) is 20.1. The fraction of sp³-hybridized carbons (Fsp3) is 0.519. The lowest BCUT2D eigenvalue weighted by Crippen LogP contribution is -2.57. The molecule has 2 heterocycles. The van der Waals surface area contributed by atoms with E-state index >= 15 is 0 Å². The number of halogens is 4. The van der Waals surface area contributed by atoms with Gasteiger partial charge in [-0.15, -0.1) is 0 Å². The largest absolute Gasteiger partial charge is 0.478 e. The first-order chi connectivity index (χ1) is 17.9. The average Bonchev–Trinajstić information content (AvgIpc) is 3.56. The van der Waals surface area contributed by atoms with Crippen LogP contribution < -0.4 is 4.74 Å². The molecule has 0 radical (unpaired) electrons. The Morgan fingerprint density at radius 1 is 1.16 bits per heavy atom. The number of carbonyl (C=O) groups is 2. The van der Waals surface area contributed by atoms with Gasteiger partial charge >= 0.3 is 6.18 Å². The topological polar surface area (TPSA) is 83.0 Å². The number of pyridine rings is 1. The Labute approximate surface area is 224 Å². The number of rotatable bonds is 8. The number of hydrogen-bond acceptors (Lipinski definition) is 5. The van der Waals surface area contributed by atoms with Gasteiger partial charge in [-0.3, -0.25) is 9.59 Å². The van der Waals surface area contributed by atoms with Crippen LogP contribution in [0.1, 0.15) is 48.0 Å². The molecule has 0 bridgehead atoms. The molecule has 1 spiro atoms. The van der Waals surface area contributed by atoms with E-state index in [-0.39, 0.29) is 29.6 Å². The standard InChI is InChI=1S/C27H31ClF3N3O4/c1-33(2)23(35)20-10-11-21(32-22(20)28)38-16-6-9-19-17-25(19)12-14-34(15-13-25)24(36)26(37,27(29,30)31)18-7-4-3-5-8-18/h3-5,7-8,10-11,19,37H,6,9,12-17H2,1-2H3/t19?,26-/m1/s1. The Balaban J connectivity index is 1.26. The van der Waals surface area contributed by atoms with Crippen LogP contribution in [-0.2, 0) is 10.4 Å². The number of hydrogen-bond donors (Lipinski definition) is 1. The fourth-order valence-electron chi connectivity index (χ4n) is 5.33. The van der Waals surface area contributed by atoms with E-state index in [1.54, 1.807) is 26.2 Å². The van der Waals surface area contributed by atoms with Crippen molar-refractivity contribution in [3.05, 3.63) is 58.7 Å². The van der Waals surface area contributed by atoms with Gasteiger partial charge in [-0.25, -0.2) is 4.98 Å². The zero-order chi connectivity index (χ0) is 27.7. The molecule has 2 amide bonds. The van der Waals surface area contributed by atoms with Crippen molar-refractivity contribution in [2.45, 2.75) is 43.9 Å². The summed E-state index contributed by atoms with van der Waals surface area (Å²) in [7, 11) is 3.25. The number of alkyl halides is 3. The summed E-state index contributed by atoms with van der Waals surface area (Å²) in [4.78, 5) is 31.7. The molecule has 2 atom stereocenters. The molecule has 11 heteroatoms. The van der Waals surface area contributed by atoms with Crippen LogP contribution in [-0.4, -0.2) is 71.7 Å². The highest BCUT2D eigenvalue weighted by Crippen LogP contribution is 2.61. The van der Waals surface area contributed by atoms with Gasteiger partial charge in [0, 0.05) is 38.8 Å². The Morgan fingerprint density at radius 2 is 1.82 bits per heavy atom. The quantitative estimate of drug-likeness (QED) is 0.379. The Bertz CT molecular complexity index is 1170. The highest BCUT2D eigenvalue weighted by molar-refractivity contribution is 6.32. The van der Waals surface area contributed by atoms with E-state index in [9.17, 15) is 27.9 Å². The van der Waals surface area contributed by atoms with Crippen LogP contribution in [0, 0.1) is 11.3 Å². The summed E-state index contributed by atoms with van der Waals surface area (Å²) in [6.45, 7) is 0.770. The zero-order valence-corrected chi connectivity index (χ0v) is 22.1. The molecule has 1 aliphatic heterocycles. The molecule has 38 heavy (non-hydrogen) atoms. The SMILES string of the molecule is CN(C)C(=O)c1ccc(OCCCC2CC23CCN(C(=O)[C@](O)(c2ccccc2)C(F)(F)F)CC3)nc1Cl. The van der Waals surface area contributed by atoms with Gasteiger partial charge in [0.1, 0.15) is 5.15 Å². The van der Waals surface area contributed by atoms with Gasteiger partial charge in [0.2, 0.25) is 5.88 Å². The molecule has 1 aromatic carbocycles. The predicted octanol–water partition coefficient (Wildman–Crippen LogP) is 4.67. The minimum absolute atomic E-state index is 0.0234. The number of amides is 2. The molecule has 1 unspecified atom stereocenters. The summed E-state index contributed by atoms with van der Waals surface area (Å²) in [5.41, 5.74) is -3.72. The third kappa shape index (κ3) is 5.47. The Kier molecular flexibility index (Phi) is 7.95. The monoisotopic (exact) mass is 553 g/mol. The molecule has 1 aromatic heterocycles. The lowest BCUT2D eigenvalue weighted by atomic mass is 9.86. The number of nitrogens with zero attached hydrogens (tertiary/aromatic N) is 3. The molecule has 7 nitrogen and oxygen atoms in total. The third-order valence-electron chi connectivity index (χ3n) is 7.72. The lowest BCUT2D eigenvalue weighted by Gasteiger charge is -2.39. The number of likely N-dealkylation sites (tertiary alicyclic amines) is 1. The number of benzene rings is 1. The van der Waals surface area contributed by atoms with Gasteiger partial charge in [-0.05, 0) is 49.5 Å². The van der Waals surface area contributed by atoms with E-state index in [2.05, 4.69) is 4.98 Å². The van der Waals surface area contributed by atoms with E-state index in [0.717, 1.165) is 36.3 Å². The first-order valence-electron chi connectivity index (χ1n) is 12.5. The van der Waals surface area contributed by atoms with Crippen LogP contribution in [0.3, 0.4) is 0 Å². The number of carbonyl (C=O) groups excluding carboxylic acids is 2. The van der Waals surface area contributed by atoms with E-state index in [4.69, 9.17) is 16.3 Å². The summed E-state index contributed by atoms with van der Waals surface area (Å²) in [5, 5.41) is 10.7. The Morgan fingerprint density at radius 3 is 2.39 bits per heavy atom. The minimum Gasteiger partial charge on any atom is -0.478 e. The van der Waals surface area contributed by atoms with Crippen molar-refractivity contribution < 1.29 is 32.6 Å². The molecule has 1 saturated heterocycles. The second kappa shape index (κ2) is 10.7. The van der Waals surface area contributed by atoms with E-state index in [1.807, 2.05) is 0 Å². The lowest BCUT2D eigenvalue weighted by molar-refractivity contribution is -0.262. The van der Waals surface area contributed by atoms with Crippen molar-refractivity contribution in [2.24, 2.45) is 11.3 Å². The molecule has 4 rings (SSSR count). The maximum absolute atomic E-state index is 13.9. The van der Waals surface area contributed by atoms with E-state index in [0.29, 0.717) is 36.8 Å². The third-order valence-corrected chi connectivity index (χ3v) is 8.01. The summed E-state index contributed by atoms with van der Waals surface area (Å²) < 4.78 is 47.4. The van der Waals surface area contributed by atoms with Crippen LogP contribution in [0.15, 0.2) is 42.5 Å². The van der Waals surface area contributed by atoms with Gasteiger partial charge in [0.25, 0.3) is 17.4 Å². The zero-order valence-electron chi connectivity index (χ0n) is 21.3. The van der Waals surface area contributed by atoms with Crippen LogP contribution in [0.25, 0.3) is 0 Å². The summed E-state index contributed by atoms with van der Waals surface area (Å²) in [6.07, 6.45) is -1.33. The number of aliphatic hydroxyl groups is 1. The second-order valence-corrected chi connectivity index (χ2v) is 10.7. The van der Waals surface area contributed by atoms with Crippen LogP contribution in [0.2, 0.25) is 5.15 Å². The molecule has 1 saturated carbocycles. The molecule has 1 aliphatic carbocycles. The summed E-state index contributed by atoms with van der Waals surface area (Å²) in [5.74, 6) is -0.820. The van der Waals surface area contributed by atoms with Crippen molar-refractivity contribution in [2.75, 3.05) is 33.8 Å². The molecule has 206 valence electrons. The number of aromatic nitrogens is 1. The fourth-order valence-corrected chi connectivity index (χ4v) is 5.56. The number of piperidine rings is 1. The van der Waals surface area contributed by atoms with Crippen LogP contribution in [0.5, 0.6) is 5.88 Å². The highest BCUT2D eigenvalue weighted by Gasteiger charge is 2.63. The minimum atomic E-state index is -5.13. The van der Waals surface area contributed by atoms with Gasteiger partial charge in [-0.2, -0.15) is 13.2 Å².